The fourth-order valence-electron chi connectivity index (χ4n) is 3.87. The van der Waals surface area contributed by atoms with Gasteiger partial charge in [-0.3, -0.25) is 10.1 Å². The van der Waals surface area contributed by atoms with Crippen molar-refractivity contribution in [3.63, 3.8) is 0 Å². The average molecular weight is 495 g/mol. The van der Waals surface area contributed by atoms with Gasteiger partial charge >= 0.3 is 12.1 Å². The Kier molecular flexibility index (Phi) is 8.74. The van der Waals surface area contributed by atoms with Gasteiger partial charge in [0.2, 0.25) is 5.91 Å². The van der Waals surface area contributed by atoms with Crippen molar-refractivity contribution in [2.45, 2.75) is 37.5 Å². The van der Waals surface area contributed by atoms with Crippen LogP contribution in [-0.4, -0.2) is 50.9 Å². The predicted octanol–water partition coefficient (Wildman–Crippen LogP) is 3.89. The molecule has 0 saturated carbocycles. The van der Waals surface area contributed by atoms with Crippen molar-refractivity contribution in [1.82, 2.24) is 10.6 Å². The van der Waals surface area contributed by atoms with E-state index in [0.717, 1.165) is 17.7 Å². The van der Waals surface area contributed by atoms with E-state index in [1.807, 2.05) is 6.92 Å². The van der Waals surface area contributed by atoms with Gasteiger partial charge in [-0.05, 0) is 55.7 Å². The van der Waals surface area contributed by atoms with Crippen LogP contribution in [-0.2, 0) is 20.4 Å². The Labute approximate surface area is 201 Å². The molecule has 0 spiro atoms. The van der Waals surface area contributed by atoms with Crippen LogP contribution < -0.4 is 15.4 Å². The number of carbonyl (C=O) groups is 2. The molecule has 1 atom stereocenters. The highest BCUT2D eigenvalue weighted by atomic mass is 19.4. The second-order valence-corrected chi connectivity index (χ2v) is 8.30. The maximum absolute atomic E-state index is 13.3. The smallest absolute Gasteiger partial charge is 0.416 e. The van der Waals surface area contributed by atoms with Gasteiger partial charge in [0, 0.05) is 19.8 Å². The van der Waals surface area contributed by atoms with Gasteiger partial charge < -0.3 is 19.5 Å². The molecule has 3 rings (SSSR count). The zero-order valence-electron chi connectivity index (χ0n) is 19.6. The van der Waals surface area contributed by atoms with Crippen LogP contribution in [0.3, 0.4) is 0 Å². The van der Waals surface area contributed by atoms with Crippen molar-refractivity contribution >= 4 is 11.9 Å². The van der Waals surface area contributed by atoms with Crippen LogP contribution >= 0.6 is 0 Å². The van der Waals surface area contributed by atoms with Crippen molar-refractivity contribution in [2.75, 3.05) is 33.5 Å². The molecule has 1 aliphatic rings. The van der Waals surface area contributed by atoms with E-state index in [1.54, 1.807) is 24.3 Å². The highest BCUT2D eigenvalue weighted by molar-refractivity contribution is 5.89. The van der Waals surface area contributed by atoms with E-state index in [4.69, 9.17) is 14.2 Å². The van der Waals surface area contributed by atoms with Gasteiger partial charge in [0.15, 0.2) is 0 Å². The molecule has 190 valence electrons. The summed E-state index contributed by atoms with van der Waals surface area (Å²) in [7, 11) is 1.31. The molecule has 1 aliphatic heterocycles. The first-order valence-corrected chi connectivity index (χ1v) is 11.3. The Hall–Kier alpha value is -3.11. The van der Waals surface area contributed by atoms with Gasteiger partial charge in [0.25, 0.3) is 0 Å². The first-order valence-electron chi connectivity index (χ1n) is 11.3. The summed E-state index contributed by atoms with van der Waals surface area (Å²) in [6.07, 6.45) is -3.56. The quantitative estimate of drug-likeness (QED) is 0.407. The number of alkyl halides is 3. The third kappa shape index (κ3) is 6.95. The number of halogens is 3. The van der Waals surface area contributed by atoms with Crippen molar-refractivity contribution in [1.29, 1.82) is 0 Å². The minimum absolute atomic E-state index is 0.0851. The molecular formula is C25H29F3N2O5. The molecule has 7 nitrogen and oxygen atoms in total. The van der Waals surface area contributed by atoms with E-state index in [2.05, 4.69) is 10.6 Å². The zero-order chi connectivity index (χ0) is 25.5. The molecule has 2 aromatic carbocycles. The predicted molar refractivity (Wildman–Crippen MR) is 122 cm³/mol. The summed E-state index contributed by atoms with van der Waals surface area (Å²) < 4.78 is 54.3. The lowest BCUT2D eigenvalue weighted by Crippen LogP contribution is -2.60. The van der Waals surface area contributed by atoms with E-state index in [9.17, 15) is 22.8 Å². The summed E-state index contributed by atoms with van der Waals surface area (Å²) in [6, 6.07) is 11.1. The van der Waals surface area contributed by atoms with Crippen LogP contribution in [0.15, 0.2) is 48.5 Å². The monoisotopic (exact) mass is 494 g/mol. The number of carbonyl (C=O) groups excluding carboxylic acids is 2. The van der Waals surface area contributed by atoms with Crippen LogP contribution in [0.1, 0.15) is 47.3 Å². The molecule has 0 aliphatic carbocycles. The number of hydrogen-bond acceptors (Lipinski definition) is 6. The summed E-state index contributed by atoms with van der Waals surface area (Å²) in [5, 5.41) is 6.25. The normalized spacial score (nSPS) is 16.3. The molecule has 10 heteroatoms. The highest BCUT2D eigenvalue weighted by Crippen LogP contribution is 2.31. The first kappa shape index (κ1) is 26.5. The molecule has 2 N–H and O–H groups in total. The van der Waals surface area contributed by atoms with E-state index < -0.39 is 23.2 Å². The van der Waals surface area contributed by atoms with Crippen LogP contribution in [0.25, 0.3) is 0 Å². The second kappa shape index (κ2) is 11.5. The molecule has 0 aromatic heterocycles. The molecule has 1 amide bonds. The van der Waals surface area contributed by atoms with E-state index in [1.165, 1.54) is 19.2 Å². The molecule has 0 bridgehead atoms. The van der Waals surface area contributed by atoms with Gasteiger partial charge in [-0.2, -0.15) is 13.2 Å². The fraction of sp³-hybridized carbons (Fsp3) is 0.440. The Bertz CT molecular complexity index is 1000. The molecule has 35 heavy (non-hydrogen) atoms. The molecular weight excluding hydrogens is 465 g/mol. The van der Waals surface area contributed by atoms with Crippen LogP contribution in [0.4, 0.5) is 13.2 Å². The highest BCUT2D eigenvalue weighted by Gasteiger charge is 2.40. The number of benzene rings is 2. The molecule has 2 aromatic rings. The third-order valence-electron chi connectivity index (χ3n) is 5.96. The SMILES string of the molecule is COC(=O)c1ccc([C@H](C)NC(=O)C2(NCCOc3cccc(C(F)(F)F)c3)CCOCC2)cc1. The number of hydrogen-bond donors (Lipinski definition) is 2. The number of amides is 1. The van der Waals surface area contributed by atoms with Gasteiger partial charge in [-0.25, -0.2) is 4.79 Å². The van der Waals surface area contributed by atoms with Crippen molar-refractivity contribution < 1.29 is 37.0 Å². The number of esters is 1. The number of ether oxygens (including phenoxy) is 3. The number of nitrogens with one attached hydrogen (secondary N) is 2. The summed E-state index contributed by atoms with van der Waals surface area (Å²) in [6.45, 7) is 2.98. The molecule has 1 heterocycles. The van der Waals surface area contributed by atoms with Crippen molar-refractivity contribution in [3.05, 3.63) is 65.2 Å². The van der Waals surface area contributed by atoms with Gasteiger partial charge in [0.1, 0.15) is 17.9 Å². The molecule has 0 radical (unpaired) electrons. The molecule has 1 saturated heterocycles. The zero-order valence-corrected chi connectivity index (χ0v) is 19.6. The first-order chi connectivity index (χ1) is 16.6. The maximum Gasteiger partial charge on any atom is 0.416 e. The van der Waals surface area contributed by atoms with E-state index >= 15 is 0 Å². The third-order valence-corrected chi connectivity index (χ3v) is 5.96. The van der Waals surface area contributed by atoms with Crippen molar-refractivity contribution in [3.8, 4) is 5.75 Å². The lowest BCUT2D eigenvalue weighted by Gasteiger charge is -2.37. The standard InChI is InChI=1S/C25H29F3N2O5/c1-17(18-6-8-19(9-7-18)22(31)33-2)30-23(32)24(10-13-34-14-11-24)29-12-15-35-21-5-3-4-20(16-21)25(26,27)28/h3-9,16-17,29H,10-15H2,1-2H3,(H,30,32)/t17-/m0/s1. The summed E-state index contributed by atoms with van der Waals surface area (Å²) in [5.74, 6) is -0.536. The van der Waals surface area contributed by atoms with Crippen LogP contribution in [0, 0.1) is 0 Å². The van der Waals surface area contributed by atoms with Crippen molar-refractivity contribution in [2.24, 2.45) is 0 Å². The van der Waals surface area contributed by atoms with Crippen LogP contribution in [0.2, 0.25) is 0 Å². The summed E-state index contributed by atoms with van der Waals surface area (Å²) >= 11 is 0. The largest absolute Gasteiger partial charge is 0.492 e. The second-order valence-electron chi connectivity index (χ2n) is 8.30. The van der Waals surface area contributed by atoms with Gasteiger partial charge in [-0.1, -0.05) is 18.2 Å². The molecule has 1 fully saturated rings. The van der Waals surface area contributed by atoms with Gasteiger partial charge in [-0.15, -0.1) is 0 Å². The number of rotatable bonds is 9. The van der Waals surface area contributed by atoms with E-state index in [-0.39, 0.29) is 30.9 Å². The Morgan fingerprint density at radius 3 is 2.43 bits per heavy atom. The topological polar surface area (TPSA) is 85.9 Å². The maximum atomic E-state index is 13.3. The average Bonchev–Trinajstić information content (AvgIpc) is 2.86. The Balaban J connectivity index is 1.59. The van der Waals surface area contributed by atoms with E-state index in [0.29, 0.717) is 31.6 Å². The molecule has 0 unspecified atom stereocenters. The minimum atomic E-state index is -4.45. The summed E-state index contributed by atoms with van der Waals surface area (Å²) in [5.41, 5.74) is -0.439. The lowest BCUT2D eigenvalue weighted by atomic mass is 9.88. The summed E-state index contributed by atoms with van der Waals surface area (Å²) in [4.78, 5) is 24.9. The minimum Gasteiger partial charge on any atom is -0.492 e. The Morgan fingerprint density at radius 1 is 1.11 bits per heavy atom. The van der Waals surface area contributed by atoms with Gasteiger partial charge in [0.05, 0.1) is 24.3 Å². The fourth-order valence-corrected chi connectivity index (χ4v) is 3.87. The van der Waals surface area contributed by atoms with Crippen LogP contribution in [0.5, 0.6) is 5.75 Å². The lowest BCUT2D eigenvalue weighted by molar-refractivity contribution is -0.137. The number of methoxy groups -OCH3 is 1. The Morgan fingerprint density at radius 2 is 1.80 bits per heavy atom.